The fraction of sp³-hybridized carbons (Fsp3) is 0.429. The largest absolute Gasteiger partial charge is 0.381 e. The molecule has 2 aromatic heterocycles. The third-order valence-corrected chi connectivity index (χ3v) is 6.67. The number of rotatable bonds is 8. The van der Waals surface area contributed by atoms with Crippen molar-refractivity contribution in [1.29, 1.82) is 5.26 Å². The smallest absolute Gasteiger partial charge is 0.253 e. The number of piperidine rings is 1. The van der Waals surface area contributed by atoms with Gasteiger partial charge in [-0.05, 0) is 46.1 Å². The Kier molecular flexibility index (Phi) is 7.88. The van der Waals surface area contributed by atoms with Crippen LogP contribution in [0.1, 0.15) is 62.0 Å². The summed E-state index contributed by atoms with van der Waals surface area (Å²) in [5, 5.41) is 26.7. The van der Waals surface area contributed by atoms with Gasteiger partial charge in [-0.25, -0.2) is 9.97 Å². The lowest BCUT2D eigenvalue weighted by molar-refractivity contribution is -0.149. The van der Waals surface area contributed by atoms with Crippen LogP contribution < -0.4 is 5.32 Å². The van der Waals surface area contributed by atoms with Gasteiger partial charge in [0, 0.05) is 43.0 Å². The molecule has 0 bridgehead atoms. The van der Waals surface area contributed by atoms with Crippen molar-refractivity contribution in [2.75, 3.05) is 18.4 Å². The van der Waals surface area contributed by atoms with E-state index in [2.05, 4.69) is 21.5 Å². The van der Waals surface area contributed by atoms with Crippen molar-refractivity contribution < 1.29 is 14.7 Å². The van der Waals surface area contributed by atoms with Gasteiger partial charge < -0.3 is 15.3 Å². The molecule has 1 aliphatic rings. The number of hydrogen-bond donors (Lipinski definition) is 2. The zero-order valence-electron chi connectivity index (χ0n) is 22.2. The van der Waals surface area contributed by atoms with Gasteiger partial charge in [-0.1, -0.05) is 24.3 Å². The first-order chi connectivity index (χ1) is 18.0. The number of likely N-dealkylation sites (tertiary alicyclic amines) is 1. The Hall–Kier alpha value is -4.10. The number of aliphatic hydroxyl groups is 1. The molecule has 198 valence electrons. The lowest BCUT2D eigenvalue weighted by atomic mass is 9.99. The molecule has 0 aliphatic carbocycles. The number of carbonyl (C=O) groups is 2. The fourth-order valence-corrected chi connectivity index (χ4v) is 4.50. The highest BCUT2D eigenvalue weighted by Crippen LogP contribution is 2.27. The number of nitrogens with zero attached hydrogens (tertiary/aromatic N) is 6. The minimum absolute atomic E-state index is 0.0566. The van der Waals surface area contributed by atoms with Gasteiger partial charge >= 0.3 is 0 Å². The molecule has 0 spiro atoms. The minimum atomic E-state index is -1.36. The second kappa shape index (κ2) is 11.1. The molecule has 1 saturated heterocycles. The molecule has 10 heteroatoms. The molecule has 1 atom stereocenters. The number of hydrogen-bond acceptors (Lipinski definition) is 8. The van der Waals surface area contributed by atoms with Crippen LogP contribution in [-0.2, 0) is 4.79 Å². The Morgan fingerprint density at radius 2 is 1.89 bits per heavy atom. The molecule has 38 heavy (non-hydrogen) atoms. The topological polar surface area (TPSA) is 137 Å². The number of benzene rings is 1. The third kappa shape index (κ3) is 6.23. The SMILES string of the molecule is Cc1cnc(Nc2cnn(C3CCN(C(=O)C(C)(C)O)CC3)c2)nc1-c1ccc(C(=O)C[C@@H](C)C#N)cc1. The average Bonchev–Trinajstić information content (AvgIpc) is 3.37. The summed E-state index contributed by atoms with van der Waals surface area (Å²) < 4.78 is 1.90. The summed E-state index contributed by atoms with van der Waals surface area (Å²) in [6.45, 7) is 7.84. The first kappa shape index (κ1) is 26.9. The van der Waals surface area contributed by atoms with E-state index in [-0.39, 0.29) is 30.1 Å². The van der Waals surface area contributed by atoms with Crippen LogP contribution in [0.15, 0.2) is 42.9 Å². The highest BCUT2D eigenvalue weighted by atomic mass is 16.3. The molecular formula is C28H33N7O3. The summed E-state index contributed by atoms with van der Waals surface area (Å²) in [7, 11) is 0. The Morgan fingerprint density at radius 1 is 1.21 bits per heavy atom. The predicted molar refractivity (Wildman–Crippen MR) is 143 cm³/mol. The van der Waals surface area contributed by atoms with Gasteiger partial charge in [-0.3, -0.25) is 14.3 Å². The summed E-state index contributed by atoms with van der Waals surface area (Å²) in [4.78, 5) is 35.5. The quantitative estimate of drug-likeness (QED) is 0.429. The summed E-state index contributed by atoms with van der Waals surface area (Å²) in [6.07, 6.45) is 7.08. The number of nitrogens with one attached hydrogen (secondary N) is 1. The maximum Gasteiger partial charge on any atom is 0.253 e. The molecule has 0 unspecified atom stereocenters. The highest BCUT2D eigenvalue weighted by molar-refractivity contribution is 5.96. The van der Waals surface area contributed by atoms with Crippen LogP contribution in [0.4, 0.5) is 11.6 Å². The number of ketones is 1. The van der Waals surface area contributed by atoms with Gasteiger partial charge in [-0.15, -0.1) is 0 Å². The van der Waals surface area contributed by atoms with E-state index in [1.807, 2.05) is 29.9 Å². The van der Waals surface area contributed by atoms with Crippen LogP contribution in [0.3, 0.4) is 0 Å². The van der Waals surface area contributed by atoms with E-state index in [9.17, 15) is 14.7 Å². The van der Waals surface area contributed by atoms with Crippen LogP contribution in [0.25, 0.3) is 11.3 Å². The van der Waals surface area contributed by atoms with Crippen molar-refractivity contribution in [3.8, 4) is 17.3 Å². The van der Waals surface area contributed by atoms with Crippen molar-refractivity contribution in [3.63, 3.8) is 0 Å². The Balaban J connectivity index is 1.41. The second-order valence-electron chi connectivity index (χ2n) is 10.4. The summed E-state index contributed by atoms with van der Waals surface area (Å²) in [5.41, 5.74) is 2.48. The number of Topliss-reactive ketones (excluding diaryl/α,β-unsaturated/α-hetero) is 1. The average molecular weight is 516 g/mol. The summed E-state index contributed by atoms with van der Waals surface area (Å²) in [5.74, 6) is -0.196. The number of aromatic nitrogens is 4. The molecule has 0 radical (unpaired) electrons. The fourth-order valence-electron chi connectivity index (χ4n) is 4.50. The number of aryl methyl sites for hydroxylation is 1. The van der Waals surface area contributed by atoms with Crippen molar-refractivity contribution >= 4 is 23.3 Å². The van der Waals surface area contributed by atoms with E-state index in [1.165, 1.54) is 13.8 Å². The lowest BCUT2D eigenvalue weighted by Crippen LogP contribution is -2.48. The maximum atomic E-state index is 12.4. The minimum Gasteiger partial charge on any atom is -0.381 e. The van der Waals surface area contributed by atoms with Gasteiger partial charge in [0.25, 0.3) is 5.91 Å². The van der Waals surface area contributed by atoms with E-state index in [0.717, 1.165) is 35.3 Å². The lowest BCUT2D eigenvalue weighted by Gasteiger charge is -2.35. The van der Waals surface area contributed by atoms with E-state index < -0.39 is 5.60 Å². The van der Waals surface area contributed by atoms with E-state index in [4.69, 9.17) is 10.2 Å². The summed E-state index contributed by atoms with van der Waals surface area (Å²) >= 11 is 0. The zero-order chi connectivity index (χ0) is 27.4. The van der Waals surface area contributed by atoms with E-state index in [1.54, 1.807) is 36.4 Å². The highest BCUT2D eigenvalue weighted by Gasteiger charge is 2.32. The second-order valence-corrected chi connectivity index (χ2v) is 10.4. The Bertz CT molecular complexity index is 1340. The van der Waals surface area contributed by atoms with E-state index in [0.29, 0.717) is 24.6 Å². The molecule has 1 aliphatic heterocycles. The van der Waals surface area contributed by atoms with Crippen molar-refractivity contribution in [2.24, 2.45) is 5.92 Å². The van der Waals surface area contributed by atoms with Crippen molar-refractivity contribution in [1.82, 2.24) is 24.6 Å². The first-order valence-corrected chi connectivity index (χ1v) is 12.7. The number of nitriles is 1. The molecule has 3 heterocycles. The first-order valence-electron chi connectivity index (χ1n) is 12.7. The Morgan fingerprint density at radius 3 is 2.53 bits per heavy atom. The molecule has 1 fully saturated rings. The van der Waals surface area contributed by atoms with Crippen LogP contribution in [0.2, 0.25) is 0 Å². The number of carbonyl (C=O) groups excluding carboxylic acids is 2. The molecular weight excluding hydrogens is 482 g/mol. The van der Waals surface area contributed by atoms with Gasteiger partial charge in [0.05, 0.1) is 35.6 Å². The predicted octanol–water partition coefficient (Wildman–Crippen LogP) is 4.06. The van der Waals surface area contributed by atoms with Crippen LogP contribution in [0.5, 0.6) is 0 Å². The molecule has 10 nitrogen and oxygen atoms in total. The monoisotopic (exact) mass is 515 g/mol. The molecule has 4 rings (SSSR count). The van der Waals surface area contributed by atoms with Crippen molar-refractivity contribution in [2.45, 2.75) is 58.6 Å². The van der Waals surface area contributed by atoms with Crippen molar-refractivity contribution in [3.05, 3.63) is 54.0 Å². The van der Waals surface area contributed by atoms with E-state index >= 15 is 0 Å². The molecule has 3 aromatic rings. The van der Waals surface area contributed by atoms with Crippen LogP contribution >= 0.6 is 0 Å². The van der Waals surface area contributed by atoms with Gasteiger partial charge in [0.15, 0.2) is 5.78 Å². The number of anilines is 2. The molecule has 1 amide bonds. The molecule has 0 saturated carbocycles. The normalized spacial score (nSPS) is 15.1. The number of amides is 1. The van der Waals surface area contributed by atoms with Gasteiger partial charge in [-0.2, -0.15) is 10.4 Å². The van der Waals surface area contributed by atoms with Crippen LogP contribution in [-0.4, -0.2) is 60.1 Å². The zero-order valence-corrected chi connectivity index (χ0v) is 22.2. The van der Waals surface area contributed by atoms with Crippen LogP contribution in [0, 0.1) is 24.2 Å². The maximum absolute atomic E-state index is 12.4. The summed E-state index contributed by atoms with van der Waals surface area (Å²) in [6, 6.07) is 9.49. The molecule has 1 aromatic carbocycles. The van der Waals surface area contributed by atoms with Gasteiger partial charge in [0.1, 0.15) is 5.60 Å². The standard InChI is InChI=1S/C28H33N7O3/c1-18(14-29)13-24(36)20-5-7-21(8-6-20)25-19(2)15-30-27(33-25)32-22-16-31-35(17-22)23-9-11-34(12-10-23)26(37)28(3,4)38/h5-8,15-18,23,38H,9-13H2,1-4H3,(H,30,32,33)/t18-/m1/s1. The third-order valence-electron chi connectivity index (χ3n) is 6.67. The van der Waals surface area contributed by atoms with Gasteiger partial charge in [0.2, 0.25) is 5.95 Å². The Labute approximate surface area is 222 Å². The molecule has 2 N–H and O–H groups in total.